The summed E-state index contributed by atoms with van der Waals surface area (Å²) in [5.74, 6) is 1.66. The largest absolute Gasteiger partial charge is 0.493 e. The van der Waals surface area contributed by atoms with Crippen molar-refractivity contribution in [1.29, 1.82) is 0 Å². The second-order valence-corrected chi connectivity index (χ2v) is 5.08. The fourth-order valence-electron chi connectivity index (χ4n) is 1.80. The van der Waals surface area contributed by atoms with Crippen molar-refractivity contribution >= 4 is 0 Å². The second kappa shape index (κ2) is 8.81. The summed E-state index contributed by atoms with van der Waals surface area (Å²) >= 11 is 0. The summed E-state index contributed by atoms with van der Waals surface area (Å²) < 4.78 is 11.2. The maximum Gasteiger partial charge on any atom is 0.161 e. The summed E-state index contributed by atoms with van der Waals surface area (Å²) in [6, 6.07) is 6.62. The van der Waals surface area contributed by atoms with Crippen LogP contribution in [0.3, 0.4) is 0 Å². The van der Waals surface area contributed by atoms with Crippen LogP contribution in [0.4, 0.5) is 0 Å². The van der Waals surface area contributed by atoms with Crippen molar-refractivity contribution in [3.63, 3.8) is 0 Å². The zero-order valence-corrected chi connectivity index (χ0v) is 12.7. The first-order chi connectivity index (χ1) is 9.17. The molecule has 0 aliphatic rings. The summed E-state index contributed by atoms with van der Waals surface area (Å²) in [5, 5.41) is 3.40. The van der Waals surface area contributed by atoms with Gasteiger partial charge in [0.15, 0.2) is 11.5 Å². The van der Waals surface area contributed by atoms with E-state index in [1.165, 1.54) is 18.4 Å². The van der Waals surface area contributed by atoms with E-state index < -0.39 is 0 Å². The molecular formula is C16H27NO2. The van der Waals surface area contributed by atoms with Crippen LogP contribution in [-0.2, 0) is 6.54 Å². The first-order valence-corrected chi connectivity index (χ1v) is 7.20. The van der Waals surface area contributed by atoms with Crippen LogP contribution in [0.5, 0.6) is 11.5 Å². The fourth-order valence-corrected chi connectivity index (χ4v) is 1.80. The Hall–Kier alpha value is -1.22. The minimum absolute atomic E-state index is 0.482. The standard InChI is InChI=1S/C16H27NO2/c1-5-6-7-10-19-15-9-8-14(11-16(15)18-4)12-17-13(2)3/h8-9,11,13,17H,5-7,10,12H2,1-4H3. The molecule has 108 valence electrons. The summed E-state index contributed by atoms with van der Waals surface area (Å²) in [4.78, 5) is 0. The molecular weight excluding hydrogens is 238 g/mol. The molecule has 0 saturated heterocycles. The van der Waals surface area contributed by atoms with E-state index in [0.717, 1.165) is 31.1 Å². The maximum absolute atomic E-state index is 5.77. The highest BCUT2D eigenvalue weighted by Gasteiger charge is 2.06. The molecule has 0 aliphatic heterocycles. The molecule has 3 heteroatoms. The molecule has 0 amide bonds. The van der Waals surface area contributed by atoms with E-state index in [-0.39, 0.29) is 0 Å². The number of ether oxygens (including phenoxy) is 2. The number of hydrogen-bond donors (Lipinski definition) is 1. The van der Waals surface area contributed by atoms with Crippen LogP contribution in [0.15, 0.2) is 18.2 Å². The van der Waals surface area contributed by atoms with Crippen molar-refractivity contribution in [2.24, 2.45) is 0 Å². The van der Waals surface area contributed by atoms with Crippen LogP contribution in [0.1, 0.15) is 45.6 Å². The van der Waals surface area contributed by atoms with Gasteiger partial charge in [-0.05, 0) is 24.1 Å². The van der Waals surface area contributed by atoms with Gasteiger partial charge in [0.25, 0.3) is 0 Å². The number of rotatable bonds is 9. The van der Waals surface area contributed by atoms with E-state index in [2.05, 4.69) is 32.2 Å². The van der Waals surface area contributed by atoms with E-state index in [4.69, 9.17) is 9.47 Å². The monoisotopic (exact) mass is 265 g/mol. The van der Waals surface area contributed by atoms with Crippen LogP contribution in [0.2, 0.25) is 0 Å². The number of hydrogen-bond acceptors (Lipinski definition) is 3. The van der Waals surface area contributed by atoms with Gasteiger partial charge < -0.3 is 14.8 Å². The van der Waals surface area contributed by atoms with Crippen LogP contribution in [0.25, 0.3) is 0 Å². The molecule has 0 saturated carbocycles. The Labute approximate surface area is 117 Å². The predicted octanol–water partition coefficient (Wildman–Crippen LogP) is 3.76. The van der Waals surface area contributed by atoms with Gasteiger partial charge in [-0.1, -0.05) is 39.7 Å². The third-order valence-corrected chi connectivity index (χ3v) is 2.95. The number of unbranched alkanes of at least 4 members (excludes halogenated alkanes) is 2. The van der Waals surface area contributed by atoms with Gasteiger partial charge in [0, 0.05) is 12.6 Å². The molecule has 3 nitrogen and oxygen atoms in total. The lowest BCUT2D eigenvalue weighted by Crippen LogP contribution is -2.21. The number of methoxy groups -OCH3 is 1. The van der Waals surface area contributed by atoms with Gasteiger partial charge in [0.2, 0.25) is 0 Å². The summed E-state index contributed by atoms with van der Waals surface area (Å²) in [6.45, 7) is 8.08. The lowest BCUT2D eigenvalue weighted by atomic mass is 10.2. The predicted molar refractivity (Wildman–Crippen MR) is 80.0 cm³/mol. The molecule has 0 spiro atoms. The molecule has 1 rings (SSSR count). The van der Waals surface area contributed by atoms with E-state index in [0.29, 0.717) is 6.04 Å². The van der Waals surface area contributed by atoms with Crippen LogP contribution in [0, 0.1) is 0 Å². The highest BCUT2D eigenvalue weighted by Crippen LogP contribution is 2.28. The van der Waals surface area contributed by atoms with E-state index in [1.54, 1.807) is 7.11 Å². The molecule has 0 unspecified atom stereocenters. The minimum atomic E-state index is 0.482. The number of nitrogens with one attached hydrogen (secondary N) is 1. The molecule has 0 aliphatic carbocycles. The molecule has 0 heterocycles. The third-order valence-electron chi connectivity index (χ3n) is 2.95. The third kappa shape index (κ3) is 5.97. The Bertz CT molecular complexity index is 364. The molecule has 1 aromatic rings. The van der Waals surface area contributed by atoms with Gasteiger partial charge in [0.1, 0.15) is 0 Å². The average molecular weight is 265 g/mol. The first kappa shape index (κ1) is 15.8. The lowest BCUT2D eigenvalue weighted by Gasteiger charge is -2.13. The Morgan fingerprint density at radius 3 is 2.58 bits per heavy atom. The van der Waals surface area contributed by atoms with Gasteiger partial charge in [0.05, 0.1) is 13.7 Å². The zero-order valence-electron chi connectivity index (χ0n) is 12.7. The number of benzene rings is 1. The van der Waals surface area contributed by atoms with Gasteiger partial charge in [-0.25, -0.2) is 0 Å². The normalized spacial score (nSPS) is 10.8. The molecule has 19 heavy (non-hydrogen) atoms. The van der Waals surface area contributed by atoms with Gasteiger partial charge >= 0.3 is 0 Å². The summed E-state index contributed by atoms with van der Waals surface area (Å²) in [6.07, 6.45) is 3.51. The van der Waals surface area contributed by atoms with Gasteiger partial charge in [-0.15, -0.1) is 0 Å². The van der Waals surface area contributed by atoms with Crippen LogP contribution < -0.4 is 14.8 Å². The molecule has 0 bridgehead atoms. The molecule has 0 atom stereocenters. The zero-order chi connectivity index (χ0) is 14.1. The van der Waals surface area contributed by atoms with E-state index in [9.17, 15) is 0 Å². The van der Waals surface area contributed by atoms with Gasteiger partial charge in [-0.3, -0.25) is 0 Å². The molecule has 0 radical (unpaired) electrons. The van der Waals surface area contributed by atoms with Crippen molar-refractivity contribution in [2.45, 2.75) is 52.6 Å². The smallest absolute Gasteiger partial charge is 0.161 e. The van der Waals surface area contributed by atoms with E-state index >= 15 is 0 Å². The molecule has 1 aromatic carbocycles. The average Bonchev–Trinajstić information content (AvgIpc) is 2.42. The Kier molecular flexibility index (Phi) is 7.34. The first-order valence-electron chi connectivity index (χ1n) is 7.20. The highest BCUT2D eigenvalue weighted by atomic mass is 16.5. The lowest BCUT2D eigenvalue weighted by molar-refractivity contribution is 0.286. The summed E-state index contributed by atoms with van der Waals surface area (Å²) in [5.41, 5.74) is 1.21. The van der Waals surface area contributed by atoms with E-state index in [1.807, 2.05) is 12.1 Å². The molecule has 1 N–H and O–H groups in total. The second-order valence-electron chi connectivity index (χ2n) is 5.08. The van der Waals surface area contributed by atoms with Crippen molar-refractivity contribution in [2.75, 3.05) is 13.7 Å². The fraction of sp³-hybridized carbons (Fsp3) is 0.625. The Morgan fingerprint density at radius 1 is 1.16 bits per heavy atom. The summed E-state index contributed by atoms with van der Waals surface area (Å²) in [7, 11) is 1.69. The quantitative estimate of drug-likeness (QED) is 0.690. The Morgan fingerprint density at radius 2 is 1.95 bits per heavy atom. The van der Waals surface area contributed by atoms with Crippen molar-refractivity contribution in [3.05, 3.63) is 23.8 Å². The van der Waals surface area contributed by atoms with Crippen molar-refractivity contribution < 1.29 is 9.47 Å². The van der Waals surface area contributed by atoms with Crippen LogP contribution in [-0.4, -0.2) is 19.8 Å². The SMILES string of the molecule is CCCCCOc1ccc(CNC(C)C)cc1OC. The molecule has 0 aromatic heterocycles. The van der Waals surface area contributed by atoms with Gasteiger partial charge in [-0.2, -0.15) is 0 Å². The van der Waals surface area contributed by atoms with Crippen LogP contribution >= 0.6 is 0 Å². The molecule has 0 fully saturated rings. The topological polar surface area (TPSA) is 30.5 Å². The van der Waals surface area contributed by atoms with Crippen molar-refractivity contribution in [3.8, 4) is 11.5 Å². The maximum atomic E-state index is 5.77. The Balaban J connectivity index is 2.57. The van der Waals surface area contributed by atoms with Crippen molar-refractivity contribution in [1.82, 2.24) is 5.32 Å². The minimum Gasteiger partial charge on any atom is -0.493 e. The highest BCUT2D eigenvalue weighted by molar-refractivity contribution is 5.42.